The van der Waals surface area contributed by atoms with E-state index in [0.717, 1.165) is 38.2 Å². The van der Waals surface area contributed by atoms with E-state index in [4.69, 9.17) is 4.98 Å². The zero-order valence-electron chi connectivity index (χ0n) is 26.0. The lowest BCUT2D eigenvalue weighted by Crippen LogP contribution is -2.34. The van der Waals surface area contributed by atoms with Gasteiger partial charge in [0.05, 0.1) is 23.0 Å². The van der Waals surface area contributed by atoms with Crippen molar-refractivity contribution in [3.05, 3.63) is 125 Å². The maximum Gasteiger partial charge on any atom is 0.322 e. The van der Waals surface area contributed by atoms with Gasteiger partial charge in [-0.1, -0.05) is 65.9 Å². The van der Waals surface area contributed by atoms with Gasteiger partial charge < -0.3 is 15.3 Å². The first kappa shape index (κ1) is 30.8. The average molecular weight is 658 g/mol. The molecule has 0 unspecified atom stereocenters. The topological polar surface area (TPSA) is 142 Å². The van der Waals surface area contributed by atoms with Crippen LogP contribution in [-0.4, -0.2) is 55.7 Å². The Hall–Kier alpha value is -5.88. The number of carbonyl (C=O) groups excluding carboxylic acids is 2. The molecule has 3 aromatic heterocycles. The number of aromatic nitrogens is 4. The Morgan fingerprint density at radius 1 is 0.896 bits per heavy atom. The second kappa shape index (κ2) is 13.1. The fourth-order valence-corrected chi connectivity index (χ4v) is 6.82. The predicted molar refractivity (Wildman–Crippen MR) is 184 cm³/mol. The summed E-state index contributed by atoms with van der Waals surface area (Å²) in [5, 5.41) is 19.8. The molecular formula is C36H31N7O4S. The summed E-state index contributed by atoms with van der Waals surface area (Å²) < 4.78 is 2.85. The molecule has 0 saturated heterocycles. The molecule has 11 nitrogen and oxygen atoms in total. The van der Waals surface area contributed by atoms with Crippen LogP contribution in [0.3, 0.4) is 0 Å². The van der Waals surface area contributed by atoms with Gasteiger partial charge in [-0.05, 0) is 60.4 Å². The zero-order chi connectivity index (χ0) is 33.2. The third kappa shape index (κ3) is 6.25. The van der Waals surface area contributed by atoms with E-state index in [0.29, 0.717) is 48.1 Å². The van der Waals surface area contributed by atoms with Crippen LogP contribution in [0, 0.1) is 6.92 Å². The molecule has 0 aliphatic carbocycles. The van der Waals surface area contributed by atoms with E-state index in [2.05, 4.69) is 20.7 Å². The molecule has 1 aliphatic rings. The molecule has 3 N–H and O–H groups in total. The van der Waals surface area contributed by atoms with Gasteiger partial charge in [-0.15, -0.1) is 0 Å². The Balaban J connectivity index is 1.18. The van der Waals surface area contributed by atoms with Crippen LogP contribution in [0.2, 0.25) is 0 Å². The number of hydrogen-bond acceptors (Lipinski definition) is 8. The number of benzene rings is 3. The highest BCUT2D eigenvalue weighted by molar-refractivity contribution is 7.22. The highest BCUT2D eigenvalue weighted by Gasteiger charge is 2.26. The third-order valence-corrected chi connectivity index (χ3v) is 9.37. The van der Waals surface area contributed by atoms with Crippen LogP contribution in [0.5, 0.6) is 0 Å². The van der Waals surface area contributed by atoms with Crippen molar-refractivity contribution in [3.63, 3.8) is 0 Å². The van der Waals surface area contributed by atoms with E-state index >= 15 is 0 Å². The number of para-hydroxylation sites is 1. The van der Waals surface area contributed by atoms with Crippen LogP contribution < -0.4 is 15.5 Å². The molecular weight excluding hydrogens is 627 g/mol. The molecule has 4 heterocycles. The minimum Gasteiger partial charge on any atom is -0.480 e. The summed E-state index contributed by atoms with van der Waals surface area (Å²) >= 11 is 1.42. The Labute approximate surface area is 279 Å². The van der Waals surface area contributed by atoms with Crippen LogP contribution in [0.1, 0.15) is 43.2 Å². The number of anilines is 2. The molecule has 3 aromatic carbocycles. The molecule has 7 rings (SSSR count). The van der Waals surface area contributed by atoms with Gasteiger partial charge in [0.2, 0.25) is 0 Å². The number of carboxylic acid groups (broad SMARTS) is 1. The highest BCUT2D eigenvalue weighted by Crippen LogP contribution is 2.32. The highest BCUT2D eigenvalue weighted by atomic mass is 32.1. The largest absolute Gasteiger partial charge is 0.480 e. The molecule has 0 fully saturated rings. The van der Waals surface area contributed by atoms with Crippen LogP contribution >= 0.6 is 11.3 Å². The molecule has 1 aliphatic heterocycles. The van der Waals surface area contributed by atoms with Crippen molar-refractivity contribution in [1.29, 1.82) is 0 Å². The number of nitrogens with one attached hydrogen (secondary N) is 2. The lowest BCUT2D eigenvalue weighted by atomic mass is 9.94. The normalized spacial score (nSPS) is 12.5. The number of rotatable bonds is 9. The van der Waals surface area contributed by atoms with Crippen LogP contribution in [0.15, 0.2) is 91.1 Å². The van der Waals surface area contributed by atoms with E-state index in [-0.39, 0.29) is 11.6 Å². The quantitative estimate of drug-likeness (QED) is 0.184. The predicted octanol–water partition coefficient (Wildman–Crippen LogP) is 5.54. The van der Waals surface area contributed by atoms with Gasteiger partial charge in [0.15, 0.2) is 5.13 Å². The van der Waals surface area contributed by atoms with Crippen LogP contribution in [-0.2, 0) is 24.3 Å². The number of pyridine rings is 1. The van der Waals surface area contributed by atoms with Gasteiger partial charge >= 0.3 is 5.97 Å². The van der Waals surface area contributed by atoms with E-state index in [9.17, 15) is 19.5 Å². The molecule has 0 radical (unpaired) electrons. The number of aliphatic carboxylic acids is 1. The number of carbonyl (C=O) groups is 3. The van der Waals surface area contributed by atoms with Crippen molar-refractivity contribution in [2.45, 2.75) is 26.4 Å². The van der Waals surface area contributed by atoms with Crippen molar-refractivity contribution < 1.29 is 19.5 Å². The molecule has 12 heteroatoms. The lowest BCUT2D eigenvalue weighted by Gasteiger charge is -2.31. The third-order valence-electron chi connectivity index (χ3n) is 8.42. The Morgan fingerprint density at radius 3 is 2.52 bits per heavy atom. The van der Waals surface area contributed by atoms with Crippen molar-refractivity contribution in [2.24, 2.45) is 0 Å². The van der Waals surface area contributed by atoms with E-state index in [1.165, 1.54) is 11.3 Å². The Bertz CT molecular complexity index is 2140. The summed E-state index contributed by atoms with van der Waals surface area (Å²) in [5.74, 6) is -1.46. The molecule has 2 amide bonds. The molecule has 0 saturated carbocycles. The first-order valence-electron chi connectivity index (χ1n) is 15.4. The Morgan fingerprint density at radius 2 is 1.71 bits per heavy atom. The van der Waals surface area contributed by atoms with Gasteiger partial charge in [-0.2, -0.15) is 5.10 Å². The number of carboxylic acids is 1. The van der Waals surface area contributed by atoms with Crippen LogP contribution in [0.4, 0.5) is 10.9 Å². The fraction of sp³-hybridized carbons (Fsp3) is 0.167. The van der Waals surface area contributed by atoms with Crippen molar-refractivity contribution in [1.82, 2.24) is 25.1 Å². The second-order valence-electron chi connectivity index (χ2n) is 11.5. The zero-order valence-corrected chi connectivity index (χ0v) is 26.8. The number of nitrogens with zero attached hydrogens (tertiary/aromatic N) is 5. The number of amides is 2. The van der Waals surface area contributed by atoms with Gasteiger partial charge in [-0.3, -0.25) is 24.4 Å². The smallest absolute Gasteiger partial charge is 0.322 e. The number of thiazole rings is 1. The molecule has 48 heavy (non-hydrogen) atoms. The Kier molecular flexibility index (Phi) is 8.38. The maximum absolute atomic E-state index is 13.5. The fourth-order valence-electron chi connectivity index (χ4n) is 5.96. The molecule has 0 atom stereocenters. The summed E-state index contributed by atoms with van der Waals surface area (Å²) in [6.07, 6.45) is 2.38. The van der Waals surface area contributed by atoms with E-state index in [1.807, 2.05) is 101 Å². The summed E-state index contributed by atoms with van der Waals surface area (Å²) in [5.41, 5.74) is 6.63. The first-order valence-corrected chi connectivity index (χ1v) is 16.3. The molecule has 0 bridgehead atoms. The van der Waals surface area contributed by atoms with Crippen molar-refractivity contribution >= 4 is 50.3 Å². The van der Waals surface area contributed by atoms with Gasteiger partial charge in [0.25, 0.3) is 11.8 Å². The van der Waals surface area contributed by atoms with E-state index in [1.54, 1.807) is 6.20 Å². The average Bonchev–Trinajstić information content (AvgIpc) is 3.68. The van der Waals surface area contributed by atoms with Crippen molar-refractivity contribution in [2.75, 3.05) is 23.3 Å². The summed E-state index contributed by atoms with van der Waals surface area (Å²) in [6.45, 7) is 2.96. The van der Waals surface area contributed by atoms with Crippen molar-refractivity contribution in [3.8, 4) is 11.1 Å². The SMILES string of the molecule is Cc1c(-c2ccc(N3CCc4cccc(C(=O)Nc5nc6ccccc6s5)c4C3)nc2C(=O)NCC(=O)O)cnn1Cc1ccccc1. The summed E-state index contributed by atoms with van der Waals surface area (Å²) in [4.78, 5) is 49.7. The van der Waals surface area contributed by atoms with Gasteiger partial charge in [0, 0.05) is 35.5 Å². The van der Waals surface area contributed by atoms with Gasteiger partial charge in [-0.25, -0.2) is 9.97 Å². The first-order chi connectivity index (χ1) is 23.3. The number of fused-ring (bicyclic) bond motifs is 2. The number of hydrogen-bond donors (Lipinski definition) is 3. The van der Waals surface area contributed by atoms with Crippen LogP contribution in [0.25, 0.3) is 21.3 Å². The maximum atomic E-state index is 13.5. The second-order valence-corrected chi connectivity index (χ2v) is 12.5. The standard InChI is InChI=1S/C36H31N7O4S/c1-22-27(18-38-43(22)20-23-8-3-2-4-9-23)25-14-15-31(40-33(25)35(47)37-19-32(44)45)42-17-16-24-10-7-11-26(28(24)21-42)34(46)41-36-39-29-12-5-6-13-30(29)48-36/h2-15,18H,16-17,19-21H2,1H3,(H,37,47)(H,44,45)(H,39,41,46). The minimum atomic E-state index is -1.16. The van der Waals surface area contributed by atoms with E-state index < -0.39 is 18.4 Å². The molecule has 0 spiro atoms. The molecule has 6 aromatic rings. The van der Waals surface area contributed by atoms with Gasteiger partial charge in [0.1, 0.15) is 18.1 Å². The summed E-state index contributed by atoms with van der Waals surface area (Å²) in [6, 6.07) is 27.1. The lowest BCUT2D eigenvalue weighted by molar-refractivity contribution is -0.135. The monoisotopic (exact) mass is 657 g/mol. The summed E-state index contributed by atoms with van der Waals surface area (Å²) in [7, 11) is 0. The minimum absolute atomic E-state index is 0.101. The molecule has 240 valence electrons.